The second kappa shape index (κ2) is 11.4. The van der Waals surface area contributed by atoms with Crippen LogP contribution in [0.25, 0.3) is 0 Å². The third-order valence-corrected chi connectivity index (χ3v) is 7.46. The Balaban J connectivity index is 1.11. The van der Waals surface area contributed by atoms with E-state index < -0.39 is 5.60 Å². The van der Waals surface area contributed by atoms with Gasteiger partial charge in [0, 0.05) is 57.8 Å². The van der Waals surface area contributed by atoms with Crippen LogP contribution in [-0.2, 0) is 40.6 Å². The zero-order valence-corrected chi connectivity index (χ0v) is 23.1. The Labute approximate surface area is 230 Å². The number of fused-ring (bicyclic) bond motifs is 1. The topological polar surface area (TPSA) is 91.4 Å². The van der Waals surface area contributed by atoms with Crippen molar-refractivity contribution in [1.29, 1.82) is 0 Å². The summed E-state index contributed by atoms with van der Waals surface area (Å²) in [5.41, 5.74) is 4.12. The van der Waals surface area contributed by atoms with Crippen molar-refractivity contribution in [2.75, 3.05) is 26.2 Å². The average molecular weight is 535 g/mol. The zero-order valence-electron chi connectivity index (χ0n) is 23.1. The Morgan fingerprint density at radius 3 is 2.38 bits per heavy atom. The van der Waals surface area contributed by atoms with Crippen molar-refractivity contribution in [2.24, 2.45) is 0 Å². The van der Waals surface area contributed by atoms with Crippen molar-refractivity contribution < 1.29 is 23.9 Å². The largest absolute Gasteiger partial charge is 0.489 e. The van der Waals surface area contributed by atoms with Crippen molar-refractivity contribution in [3.8, 4) is 5.75 Å². The van der Waals surface area contributed by atoms with Gasteiger partial charge in [-0.3, -0.25) is 24.7 Å². The van der Waals surface area contributed by atoms with E-state index in [1.54, 1.807) is 4.90 Å². The highest BCUT2D eigenvalue weighted by molar-refractivity contribution is 6.00. The number of nitrogens with zero attached hydrogens (tertiary/aromatic N) is 3. The normalized spacial score (nSPS) is 20.5. The van der Waals surface area contributed by atoms with Gasteiger partial charge in [-0.2, -0.15) is 0 Å². The summed E-state index contributed by atoms with van der Waals surface area (Å²) in [6, 6.07) is 14.3. The van der Waals surface area contributed by atoms with E-state index in [0.717, 1.165) is 36.5 Å². The number of rotatable bonds is 6. The van der Waals surface area contributed by atoms with Gasteiger partial charge in [-0.25, -0.2) is 4.79 Å². The highest BCUT2D eigenvalue weighted by Crippen LogP contribution is 2.34. The minimum absolute atomic E-state index is 0.191. The molecular formula is C30H38N4O5. The van der Waals surface area contributed by atoms with E-state index in [0.29, 0.717) is 45.6 Å². The summed E-state index contributed by atoms with van der Waals surface area (Å²) in [7, 11) is 0. The lowest BCUT2D eigenvalue weighted by atomic mass is 10.0. The molecular weight excluding hydrogens is 496 g/mol. The molecule has 0 radical (unpaired) electrons. The molecule has 2 aromatic rings. The molecule has 39 heavy (non-hydrogen) atoms. The first-order chi connectivity index (χ1) is 18.6. The molecule has 0 spiro atoms. The van der Waals surface area contributed by atoms with Crippen LogP contribution < -0.4 is 10.1 Å². The van der Waals surface area contributed by atoms with Gasteiger partial charge in [0.1, 0.15) is 18.0 Å². The maximum absolute atomic E-state index is 12.3. The number of amides is 3. The number of carbonyl (C=O) groups excluding carboxylic acids is 3. The van der Waals surface area contributed by atoms with Gasteiger partial charge < -0.3 is 14.4 Å². The predicted molar refractivity (Wildman–Crippen MR) is 146 cm³/mol. The highest BCUT2D eigenvalue weighted by Gasteiger charge is 2.35. The van der Waals surface area contributed by atoms with Crippen LogP contribution in [0, 0.1) is 0 Å². The molecule has 9 heteroatoms. The molecule has 0 bridgehead atoms. The fourth-order valence-corrected chi connectivity index (χ4v) is 5.38. The Hall–Kier alpha value is -3.43. The van der Waals surface area contributed by atoms with Gasteiger partial charge in [0.25, 0.3) is 0 Å². The first kappa shape index (κ1) is 27.1. The van der Waals surface area contributed by atoms with Crippen LogP contribution in [0.3, 0.4) is 0 Å². The summed E-state index contributed by atoms with van der Waals surface area (Å²) in [5, 5.41) is 2.46. The second-order valence-electron chi connectivity index (χ2n) is 11.6. The highest BCUT2D eigenvalue weighted by atomic mass is 16.6. The van der Waals surface area contributed by atoms with E-state index in [2.05, 4.69) is 45.4 Å². The van der Waals surface area contributed by atoms with Crippen LogP contribution in [0.1, 0.15) is 55.9 Å². The summed E-state index contributed by atoms with van der Waals surface area (Å²) in [6.07, 6.45) is 0.699. The van der Waals surface area contributed by atoms with E-state index in [-0.39, 0.29) is 23.9 Å². The molecule has 5 rings (SSSR count). The van der Waals surface area contributed by atoms with Crippen molar-refractivity contribution in [2.45, 2.75) is 71.5 Å². The molecule has 3 amide bonds. The van der Waals surface area contributed by atoms with Crippen LogP contribution in [0.2, 0.25) is 0 Å². The minimum Gasteiger partial charge on any atom is -0.489 e. The van der Waals surface area contributed by atoms with Gasteiger partial charge in [-0.05, 0) is 49.9 Å². The number of carbonyl (C=O) groups is 3. The molecule has 3 heterocycles. The van der Waals surface area contributed by atoms with Crippen molar-refractivity contribution in [3.63, 3.8) is 0 Å². The molecule has 0 aromatic heterocycles. The quantitative estimate of drug-likeness (QED) is 0.568. The second-order valence-corrected chi connectivity index (χ2v) is 11.6. The SMILES string of the molecule is CC(C)(C)OC(=O)N1CCN(Cc2ccc(COc3cccc4c3CN(C3CCC(=O)NC3=O)C4)cc2)CC1. The van der Waals surface area contributed by atoms with Crippen LogP contribution in [-0.4, -0.2) is 70.4 Å². The number of hydrogen-bond donors (Lipinski definition) is 1. The number of ether oxygens (including phenoxy) is 2. The van der Waals surface area contributed by atoms with Gasteiger partial charge in [0.05, 0.1) is 6.04 Å². The van der Waals surface area contributed by atoms with E-state index in [4.69, 9.17) is 9.47 Å². The van der Waals surface area contributed by atoms with Crippen molar-refractivity contribution in [3.05, 3.63) is 64.7 Å². The number of hydrogen-bond acceptors (Lipinski definition) is 7. The first-order valence-corrected chi connectivity index (χ1v) is 13.7. The van der Waals surface area contributed by atoms with Gasteiger partial charge in [-0.15, -0.1) is 0 Å². The lowest BCUT2D eigenvalue weighted by Gasteiger charge is -2.35. The lowest BCUT2D eigenvalue weighted by molar-refractivity contribution is -0.137. The molecule has 1 N–H and O–H groups in total. The van der Waals surface area contributed by atoms with Gasteiger partial charge >= 0.3 is 6.09 Å². The molecule has 3 aliphatic heterocycles. The van der Waals surface area contributed by atoms with Gasteiger partial charge in [0.2, 0.25) is 11.8 Å². The Morgan fingerprint density at radius 2 is 1.69 bits per heavy atom. The number of piperazine rings is 1. The summed E-state index contributed by atoms with van der Waals surface area (Å²) in [4.78, 5) is 42.4. The lowest BCUT2D eigenvalue weighted by Crippen LogP contribution is -2.50. The molecule has 1 atom stereocenters. The number of imide groups is 1. The maximum Gasteiger partial charge on any atom is 0.410 e. The van der Waals surface area contributed by atoms with E-state index >= 15 is 0 Å². The molecule has 2 saturated heterocycles. The maximum atomic E-state index is 12.3. The molecule has 2 aromatic carbocycles. The molecule has 1 unspecified atom stereocenters. The van der Waals surface area contributed by atoms with Crippen molar-refractivity contribution >= 4 is 17.9 Å². The smallest absolute Gasteiger partial charge is 0.410 e. The standard InChI is InChI=1S/C30H38N4O5/c1-30(2,3)39-29(37)33-15-13-32(14-16-33)17-21-7-9-22(10-8-21)20-38-26-6-4-5-23-18-34(19-24(23)26)25-11-12-27(35)31-28(25)36/h4-10,25H,11-20H2,1-3H3,(H,31,35,36). The van der Waals surface area contributed by atoms with Crippen LogP contribution >= 0.6 is 0 Å². The molecule has 208 valence electrons. The molecule has 9 nitrogen and oxygen atoms in total. The van der Waals surface area contributed by atoms with Crippen LogP contribution in [0.15, 0.2) is 42.5 Å². The predicted octanol–water partition coefficient (Wildman–Crippen LogP) is 3.44. The van der Waals surface area contributed by atoms with Crippen molar-refractivity contribution in [1.82, 2.24) is 20.0 Å². The number of benzene rings is 2. The minimum atomic E-state index is -0.476. The molecule has 2 fully saturated rings. The number of nitrogens with one attached hydrogen (secondary N) is 1. The van der Waals surface area contributed by atoms with Crippen LogP contribution in [0.4, 0.5) is 4.79 Å². The van der Waals surface area contributed by atoms with E-state index in [9.17, 15) is 14.4 Å². The average Bonchev–Trinajstić information content (AvgIpc) is 3.32. The summed E-state index contributed by atoms with van der Waals surface area (Å²) >= 11 is 0. The fraction of sp³-hybridized carbons (Fsp3) is 0.500. The van der Waals surface area contributed by atoms with E-state index in [1.165, 1.54) is 11.1 Å². The summed E-state index contributed by atoms with van der Waals surface area (Å²) in [5.74, 6) is 0.449. The molecule has 0 aliphatic carbocycles. The van der Waals surface area contributed by atoms with Gasteiger partial charge in [-0.1, -0.05) is 36.4 Å². The Morgan fingerprint density at radius 1 is 0.974 bits per heavy atom. The Kier molecular flexibility index (Phi) is 7.91. The Bertz CT molecular complexity index is 1210. The molecule has 0 saturated carbocycles. The number of piperidine rings is 1. The van der Waals surface area contributed by atoms with E-state index in [1.807, 2.05) is 32.9 Å². The molecule has 3 aliphatic rings. The summed E-state index contributed by atoms with van der Waals surface area (Å²) in [6.45, 7) is 11.3. The third-order valence-electron chi connectivity index (χ3n) is 7.46. The third kappa shape index (κ3) is 6.78. The zero-order chi connectivity index (χ0) is 27.6. The first-order valence-electron chi connectivity index (χ1n) is 13.7. The van der Waals surface area contributed by atoms with Gasteiger partial charge in [0.15, 0.2) is 0 Å². The monoisotopic (exact) mass is 534 g/mol. The fourth-order valence-electron chi connectivity index (χ4n) is 5.38. The summed E-state index contributed by atoms with van der Waals surface area (Å²) < 4.78 is 11.7. The van der Waals surface area contributed by atoms with Crippen LogP contribution in [0.5, 0.6) is 5.75 Å².